The van der Waals surface area contributed by atoms with Crippen LogP contribution >= 0.6 is 0 Å². The molecule has 3 unspecified atom stereocenters. The summed E-state index contributed by atoms with van der Waals surface area (Å²) < 4.78 is 0. The average molecular weight is 321 g/mol. The molecule has 124 valence electrons. The lowest BCUT2D eigenvalue weighted by Crippen LogP contribution is -2.53. The third-order valence-electron chi connectivity index (χ3n) is 5.57. The third-order valence-corrected chi connectivity index (χ3v) is 5.57. The maximum Gasteiger partial charge on any atom is 0.139 e. The molecule has 3 nitrogen and oxygen atoms in total. The Kier molecular flexibility index (Phi) is 3.89. The van der Waals surface area contributed by atoms with Gasteiger partial charge in [-0.3, -0.25) is 9.69 Å². The maximum absolute atomic E-state index is 12.5. The minimum Gasteiger partial charge on any atom is -0.508 e. The molecular weight excluding hydrogens is 298 g/mol. The van der Waals surface area contributed by atoms with Crippen molar-refractivity contribution in [3.8, 4) is 5.75 Å². The molecule has 2 saturated heterocycles. The number of phenolic OH excluding ortho intramolecular Hbond substituents is 1. The van der Waals surface area contributed by atoms with Crippen molar-refractivity contribution in [3.63, 3.8) is 0 Å². The summed E-state index contributed by atoms with van der Waals surface area (Å²) in [5.74, 6) is 0.721. The van der Waals surface area contributed by atoms with E-state index in [0.29, 0.717) is 18.2 Å². The molecule has 3 atom stereocenters. The number of piperidine rings is 2. The van der Waals surface area contributed by atoms with Crippen LogP contribution in [0.2, 0.25) is 0 Å². The van der Waals surface area contributed by atoms with Crippen LogP contribution in [0.1, 0.15) is 42.0 Å². The number of nitrogens with zero attached hydrogens (tertiary/aromatic N) is 1. The van der Waals surface area contributed by atoms with Crippen LogP contribution in [-0.2, 0) is 11.3 Å². The summed E-state index contributed by atoms with van der Waals surface area (Å²) in [6.07, 6.45) is 2.73. The van der Waals surface area contributed by atoms with Gasteiger partial charge in [-0.1, -0.05) is 42.0 Å². The third kappa shape index (κ3) is 2.73. The van der Waals surface area contributed by atoms with Crippen LogP contribution < -0.4 is 0 Å². The second-order valence-electron chi connectivity index (χ2n) is 7.21. The van der Waals surface area contributed by atoms with Crippen LogP contribution in [0.3, 0.4) is 0 Å². The topological polar surface area (TPSA) is 40.5 Å². The number of carbonyl (C=O) groups excluding carboxylic acids is 1. The first-order valence-corrected chi connectivity index (χ1v) is 8.75. The van der Waals surface area contributed by atoms with E-state index in [1.807, 2.05) is 18.2 Å². The van der Waals surface area contributed by atoms with Gasteiger partial charge >= 0.3 is 0 Å². The van der Waals surface area contributed by atoms with Gasteiger partial charge in [0, 0.05) is 31.0 Å². The Bertz CT molecular complexity index is 753. The maximum atomic E-state index is 12.5. The van der Waals surface area contributed by atoms with Gasteiger partial charge in [-0.2, -0.15) is 0 Å². The molecule has 2 aromatic carbocycles. The number of carbonyl (C=O) groups is 1. The van der Waals surface area contributed by atoms with Gasteiger partial charge in [0.1, 0.15) is 11.5 Å². The zero-order valence-corrected chi connectivity index (χ0v) is 14.0. The van der Waals surface area contributed by atoms with Crippen LogP contribution in [-0.4, -0.2) is 21.8 Å². The zero-order chi connectivity index (χ0) is 16.7. The molecule has 3 aliphatic rings. The highest BCUT2D eigenvalue weighted by Crippen LogP contribution is 2.46. The fraction of sp³-hybridized carbons (Fsp3) is 0.381. The van der Waals surface area contributed by atoms with Crippen LogP contribution in [0.4, 0.5) is 0 Å². The van der Waals surface area contributed by atoms with Crippen LogP contribution in [0, 0.1) is 12.8 Å². The van der Waals surface area contributed by atoms with Crippen molar-refractivity contribution in [1.82, 2.24) is 4.90 Å². The number of rotatable bonds is 3. The van der Waals surface area contributed by atoms with Crippen molar-refractivity contribution in [2.24, 2.45) is 5.92 Å². The van der Waals surface area contributed by atoms with Crippen LogP contribution in [0.15, 0.2) is 48.5 Å². The largest absolute Gasteiger partial charge is 0.508 e. The quantitative estimate of drug-likeness (QED) is 0.929. The first-order chi connectivity index (χ1) is 11.6. The summed E-state index contributed by atoms with van der Waals surface area (Å²) in [5.41, 5.74) is 3.61. The first-order valence-electron chi connectivity index (χ1n) is 8.75. The summed E-state index contributed by atoms with van der Waals surface area (Å²) >= 11 is 0. The molecule has 24 heavy (non-hydrogen) atoms. The van der Waals surface area contributed by atoms with E-state index < -0.39 is 0 Å². The second-order valence-corrected chi connectivity index (χ2v) is 7.21. The van der Waals surface area contributed by atoms with E-state index in [1.165, 1.54) is 11.1 Å². The highest BCUT2D eigenvalue weighted by molar-refractivity contribution is 5.84. The Morgan fingerprint density at radius 1 is 1.12 bits per heavy atom. The molecule has 2 aliphatic heterocycles. The minimum atomic E-state index is 0.0576. The average Bonchev–Trinajstić information content (AvgIpc) is 2.58. The number of Topliss-reactive ketones (excluding diaryl/α,β-unsaturated/α-hetero) is 1. The molecule has 0 aromatic heterocycles. The lowest BCUT2D eigenvalue weighted by atomic mass is 9.71. The molecule has 3 fully saturated rings. The highest BCUT2D eigenvalue weighted by atomic mass is 16.3. The van der Waals surface area contributed by atoms with Crippen molar-refractivity contribution >= 4 is 5.78 Å². The summed E-state index contributed by atoms with van der Waals surface area (Å²) in [5, 5.41) is 9.88. The van der Waals surface area contributed by atoms with Crippen molar-refractivity contribution in [2.45, 2.75) is 44.8 Å². The first kappa shape index (κ1) is 15.4. The highest BCUT2D eigenvalue weighted by Gasteiger charge is 2.47. The number of phenols is 1. The van der Waals surface area contributed by atoms with Crippen molar-refractivity contribution in [3.05, 3.63) is 65.2 Å². The van der Waals surface area contributed by atoms with Crippen molar-refractivity contribution < 1.29 is 9.90 Å². The van der Waals surface area contributed by atoms with Crippen molar-refractivity contribution in [1.29, 1.82) is 0 Å². The van der Waals surface area contributed by atoms with Gasteiger partial charge in [-0.15, -0.1) is 0 Å². The summed E-state index contributed by atoms with van der Waals surface area (Å²) in [7, 11) is 0. The van der Waals surface area contributed by atoms with Gasteiger partial charge < -0.3 is 5.11 Å². The van der Waals surface area contributed by atoms with E-state index in [4.69, 9.17) is 0 Å². The monoisotopic (exact) mass is 321 g/mol. The van der Waals surface area contributed by atoms with E-state index in [9.17, 15) is 9.90 Å². The SMILES string of the molecule is Cc1ccc(CN2C3CCC(C(=O)C3)C2c2cccc(O)c2)cc1. The molecule has 3 heteroatoms. The molecule has 2 heterocycles. The molecular formula is C21H23NO2. The number of hydrogen-bond acceptors (Lipinski definition) is 3. The zero-order valence-electron chi connectivity index (χ0n) is 14.0. The Morgan fingerprint density at radius 2 is 1.92 bits per heavy atom. The standard InChI is InChI=1S/C21H23NO2/c1-14-5-7-15(8-6-14)13-22-17-9-10-19(20(24)12-17)21(22)16-3-2-4-18(23)11-16/h2-8,11,17,19,21,23H,9-10,12-13H2,1H3. The molecule has 0 spiro atoms. The Labute approximate surface area is 142 Å². The number of aromatic hydroxyl groups is 1. The smallest absolute Gasteiger partial charge is 0.139 e. The molecule has 1 aliphatic carbocycles. The van der Waals surface area contributed by atoms with Gasteiger partial charge in [0.15, 0.2) is 0 Å². The molecule has 0 amide bonds. The number of ketones is 1. The lowest BCUT2D eigenvalue weighted by Gasteiger charge is -2.50. The summed E-state index contributed by atoms with van der Waals surface area (Å²) in [4.78, 5) is 15.0. The van der Waals surface area contributed by atoms with Crippen LogP contribution in [0.25, 0.3) is 0 Å². The van der Waals surface area contributed by atoms with Gasteiger partial charge in [-0.25, -0.2) is 0 Å². The van der Waals surface area contributed by atoms with Crippen LogP contribution in [0.5, 0.6) is 5.75 Å². The Balaban J connectivity index is 1.69. The summed E-state index contributed by atoms with van der Waals surface area (Å²) in [6, 6.07) is 16.5. The Hall–Kier alpha value is -2.13. The van der Waals surface area contributed by atoms with Crippen molar-refractivity contribution in [2.75, 3.05) is 0 Å². The molecule has 5 rings (SSSR count). The predicted octanol–water partition coefficient (Wildman–Crippen LogP) is 4.00. The molecule has 2 aromatic rings. The second kappa shape index (κ2) is 6.06. The molecule has 1 N–H and O–H groups in total. The predicted molar refractivity (Wildman–Crippen MR) is 93.7 cm³/mol. The van der Waals surface area contributed by atoms with Gasteiger partial charge in [0.2, 0.25) is 0 Å². The van der Waals surface area contributed by atoms with E-state index in [1.54, 1.807) is 6.07 Å². The molecule has 2 bridgehead atoms. The molecule has 0 radical (unpaired) electrons. The van der Waals surface area contributed by atoms with Gasteiger partial charge in [0.25, 0.3) is 0 Å². The number of hydrogen-bond donors (Lipinski definition) is 1. The van der Waals surface area contributed by atoms with Gasteiger partial charge in [0.05, 0.1) is 0 Å². The normalized spacial score (nSPS) is 26.7. The number of aryl methyl sites for hydroxylation is 1. The number of benzene rings is 2. The van der Waals surface area contributed by atoms with E-state index in [-0.39, 0.29) is 17.7 Å². The van der Waals surface area contributed by atoms with E-state index in [2.05, 4.69) is 36.1 Å². The fourth-order valence-corrected chi connectivity index (χ4v) is 4.36. The van der Waals surface area contributed by atoms with E-state index >= 15 is 0 Å². The van der Waals surface area contributed by atoms with Gasteiger partial charge in [-0.05, 0) is 43.0 Å². The Morgan fingerprint density at radius 3 is 2.62 bits per heavy atom. The fourth-order valence-electron chi connectivity index (χ4n) is 4.36. The molecule has 1 saturated carbocycles. The van der Waals surface area contributed by atoms with E-state index in [0.717, 1.165) is 24.9 Å². The minimum absolute atomic E-state index is 0.0576. The lowest BCUT2D eigenvalue weighted by molar-refractivity contribution is -0.138. The number of fused-ring (bicyclic) bond motifs is 3. The summed E-state index contributed by atoms with van der Waals surface area (Å²) in [6.45, 7) is 2.95.